The third-order valence-electron chi connectivity index (χ3n) is 2.11. The van der Waals surface area contributed by atoms with E-state index in [1.807, 2.05) is 12.0 Å². The summed E-state index contributed by atoms with van der Waals surface area (Å²) >= 11 is 0. The zero-order valence-corrected chi connectivity index (χ0v) is 8.34. The van der Waals surface area contributed by atoms with Gasteiger partial charge in [0, 0.05) is 6.20 Å². The van der Waals surface area contributed by atoms with E-state index in [1.165, 1.54) is 12.3 Å². The largest absolute Gasteiger partial charge is 0.433 e. The molecule has 0 atom stereocenters. The quantitative estimate of drug-likeness (QED) is 0.813. The fraction of sp³-hybridized carbons (Fsp3) is 0.200. The third-order valence-corrected chi connectivity index (χ3v) is 2.11. The summed E-state index contributed by atoms with van der Waals surface area (Å²) in [6.45, 7) is 1.82. The molecule has 6 heteroatoms. The van der Waals surface area contributed by atoms with Crippen LogP contribution in [0.3, 0.4) is 0 Å². The average molecular weight is 227 g/mol. The van der Waals surface area contributed by atoms with Gasteiger partial charge in [-0.3, -0.25) is 10.1 Å². The van der Waals surface area contributed by atoms with Crippen LogP contribution in [0, 0.1) is 6.92 Å². The Balaban J connectivity index is 2.49. The Morgan fingerprint density at radius 1 is 1.19 bits per heavy atom. The van der Waals surface area contributed by atoms with E-state index < -0.39 is 11.9 Å². The second kappa shape index (κ2) is 3.62. The molecule has 0 aliphatic rings. The molecule has 0 spiro atoms. The van der Waals surface area contributed by atoms with Crippen molar-refractivity contribution in [2.24, 2.45) is 0 Å². The maximum Gasteiger partial charge on any atom is 0.433 e. The number of rotatable bonds is 1. The minimum absolute atomic E-state index is 0.0347. The summed E-state index contributed by atoms with van der Waals surface area (Å²) in [6.07, 6.45) is -1.80. The van der Waals surface area contributed by atoms with Crippen LogP contribution >= 0.6 is 0 Å². The minimum atomic E-state index is -4.45. The first-order valence-corrected chi connectivity index (χ1v) is 4.52. The van der Waals surface area contributed by atoms with E-state index in [-0.39, 0.29) is 11.3 Å². The monoisotopic (exact) mass is 227 g/mol. The van der Waals surface area contributed by atoms with Crippen LogP contribution in [0.2, 0.25) is 0 Å². The first kappa shape index (κ1) is 10.7. The molecule has 0 saturated heterocycles. The first-order chi connectivity index (χ1) is 7.48. The molecule has 2 aromatic heterocycles. The van der Waals surface area contributed by atoms with Gasteiger partial charge in [0.2, 0.25) is 0 Å². The van der Waals surface area contributed by atoms with E-state index in [0.717, 1.165) is 11.8 Å². The smallest absolute Gasteiger partial charge is 0.273 e. The van der Waals surface area contributed by atoms with Crippen molar-refractivity contribution < 1.29 is 13.2 Å². The molecule has 1 N–H and O–H groups in total. The van der Waals surface area contributed by atoms with Crippen LogP contribution < -0.4 is 0 Å². The Kier molecular flexibility index (Phi) is 2.41. The van der Waals surface area contributed by atoms with Crippen molar-refractivity contribution in [2.75, 3.05) is 0 Å². The highest BCUT2D eigenvalue weighted by Crippen LogP contribution is 2.34. The molecule has 0 amide bonds. The summed E-state index contributed by atoms with van der Waals surface area (Å²) in [4.78, 5) is 3.93. The Morgan fingerprint density at radius 3 is 2.50 bits per heavy atom. The maximum absolute atomic E-state index is 12.5. The number of hydrogen-bond donors (Lipinski definition) is 1. The molecule has 0 aromatic carbocycles. The van der Waals surface area contributed by atoms with Gasteiger partial charge in [0.05, 0.1) is 17.5 Å². The lowest BCUT2D eigenvalue weighted by Gasteiger charge is -2.06. The fourth-order valence-electron chi connectivity index (χ4n) is 1.32. The van der Waals surface area contributed by atoms with E-state index in [0.29, 0.717) is 0 Å². The van der Waals surface area contributed by atoms with Crippen LogP contribution in [-0.4, -0.2) is 15.2 Å². The van der Waals surface area contributed by atoms with Crippen LogP contribution in [0.4, 0.5) is 13.2 Å². The molecule has 0 bridgehead atoms. The van der Waals surface area contributed by atoms with Crippen molar-refractivity contribution in [1.29, 1.82) is 0 Å². The van der Waals surface area contributed by atoms with E-state index in [1.54, 1.807) is 6.07 Å². The topological polar surface area (TPSA) is 41.6 Å². The molecule has 0 saturated carbocycles. The van der Waals surface area contributed by atoms with Gasteiger partial charge < -0.3 is 0 Å². The van der Waals surface area contributed by atoms with Crippen molar-refractivity contribution in [3.63, 3.8) is 0 Å². The number of aromatic amines is 1. The highest BCUT2D eigenvalue weighted by atomic mass is 19.4. The lowest BCUT2D eigenvalue weighted by Crippen LogP contribution is -2.07. The number of H-pyrrole nitrogens is 1. The minimum Gasteiger partial charge on any atom is -0.273 e. The predicted octanol–water partition coefficient (Wildman–Crippen LogP) is 2.80. The number of alkyl halides is 3. The number of aryl methyl sites for hydroxylation is 1. The normalized spacial score (nSPS) is 11.8. The van der Waals surface area contributed by atoms with Gasteiger partial charge in [0.25, 0.3) is 0 Å². The molecule has 2 aromatic rings. The Morgan fingerprint density at radius 2 is 1.94 bits per heavy atom. The molecular weight excluding hydrogens is 219 g/mol. The lowest BCUT2D eigenvalue weighted by atomic mass is 10.1. The molecule has 2 rings (SSSR count). The number of halogens is 3. The first-order valence-electron chi connectivity index (χ1n) is 4.52. The van der Waals surface area contributed by atoms with Crippen LogP contribution in [0.25, 0.3) is 11.3 Å². The molecule has 0 unspecified atom stereocenters. The van der Waals surface area contributed by atoms with Gasteiger partial charge in [0.15, 0.2) is 0 Å². The third kappa shape index (κ3) is 1.91. The van der Waals surface area contributed by atoms with Gasteiger partial charge in [-0.1, -0.05) is 6.07 Å². The fourth-order valence-corrected chi connectivity index (χ4v) is 1.32. The van der Waals surface area contributed by atoms with Gasteiger partial charge >= 0.3 is 6.18 Å². The van der Waals surface area contributed by atoms with E-state index in [2.05, 4.69) is 10.1 Å². The van der Waals surface area contributed by atoms with Gasteiger partial charge in [-0.05, 0) is 18.6 Å². The number of nitrogens with one attached hydrogen (secondary N) is 1. The summed E-state index contributed by atoms with van der Waals surface area (Å²) in [5, 5.41) is 5.35. The van der Waals surface area contributed by atoms with E-state index in [4.69, 9.17) is 0 Å². The Hall–Kier alpha value is -1.85. The summed E-state index contributed by atoms with van der Waals surface area (Å²) in [5.41, 5.74) is 0.240. The molecule has 3 nitrogen and oxygen atoms in total. The predicted molar refractivity (Wildman–Crippen MR) is 51.6 cm³/mol. The van der Waals surface area contributed by atoms with Crippen molar-refractivity contribution >= 4 is 0 Å². The van der Waals surface area contributed by atoms with Crippen molar-refractivity contribution in [1.82, 2.24) is 15.2 Å². The van der Waals surface area contributed by atoms with Gasteiger partial charge in [-0.15, -0.1) is 0 Å². The van der Waals surface area contributed by atoms with Crippen molar-refractivity contribution in [3.05, 3.63) is 35.8 Å². The summed E-state index contributed by atoms with van der Waals surface area (Å²) in [5.74, 6) is 0. The van der Waals surface area contributed by atoms with Gasteiger partial charge in [0.1, 0.15) is 5.69 Å². The standard InChI is InChI=1S/C10H8F3N3/c1-6-2-3-8(14-4-6)7-5-15-16-9(7)10(11,12)13/h2-5H,1H3,(H,15,16). The molecule has 84 valence electrons. The summed E-state index contributed by atoms with van der Waals surface area (Å²) in [6, 6.07) is 3.24. The molecular formula is C10H8F3N3. The van der Waals surface area contributed by atoms with Crippen molar-refractivity contribution in [2.45, 2.75) is 13.1 Å². The van der Waals surface area contributed by atoms with Gasteiger partial charge in [-0.25, -0.2) is 0 Å². The SMILES string of the molecule is Cc1ccc(-c2cn[nH]c2C(F)(F)F)nc1. The second-order valence-corrected chi connectivity index (χ2v) is 3.38. The van der Waals surface area contributed by atoms with Crippen LogP contribution in [0.15, 0.2) is 24.5 Å². The number of aromatic nitrogens is 3. The highest BCUT2D eigenvalue weighted by Gasteiger charge is 2.36. The number of nitrogens with zero attached hydrogens (tertiary/aromatic N) is 2. The maximum atomic E-state index is 12.5. The van der Waals surface area contributed by atoms with Crippen molar-refractivity contribution in [3.8, 4) is 11.3 Å². The van der Waals surface area contributed by atoms with E-state index >= 15 is 0 Å². The Labute approximate surface area is 89.3 Å². The van der Waals surface area contributed by atoms with E-state index in [9.17, 15) is 13.2 Å². The van der Waals surface area contributed by atoms with Crippen LogP contribution in [0.1, 0.15) is 11.3 Å². The van der Waals surface area contributed by atoms with Gasteiger partial charge in [-0.2, -0.15) is 18.3 Å². The molecule has 0 aliphatic heterocycles. The lowest BCUT2D eigenvalue weighted by molar-refractivity contribution is -0.140. The number of pyridine rings is 1. The summed E-state index contributed by atoms with van der Waals surface area (Å²) in [7, 11) is 0. The zero-order chi connectivity index (χ0) is 11.8. The average Bonchev–Trinajstić information content (AvgIpc) is 2.66. The molecule has 16 heavy (non-hydrogen) atoms. The Bertz CT molecular complexity index is 485. The summed E-state index contributed by atoms with van der Waals surface area (Å²) < 4.78 is 37.6. The molecule has 0 fully saturated rings. The molecule has 0 aliphatic carbocycles. The molecule has 0 radical (unpaired) electrons. The highest BCUT2D eigenvalue weighted by molar-refractivity contribution is 5.61. The number of hydrogen-bond acceptors (Lipinski definition) is 2. The van der Waals surface area contributed by atoms with Crippen LogP contribution in [0.5, 0.6) is 0 Å². The molecule has 2 heterocycles. The van der Waals surface area contributed by atoms with Crippen LogP contribution in [-0.2, 0) is 6.18 Å². The second-order valence-electron chi connectivity index (χ2n) is 3.38. The zero-order valence-electron chi connectivity index (χ0n) is 8.34.